The average Bonchev–Trinajstić information content (AvgIpc) is 2.99. The molecule has 3 aromatic rings. The number of phenols is 2. The zero-order valence-electron chi connectivity index (χ0n) is 11.6. The van der Waals surface area contributed by atoms with Crippen molar-refractivity contribution in [2.24, 2.45) is 0 Å². The third-order valence-electron chi connectivity index (χ3n) is 3.17. The zero-order valence-corrected chi connectivity index (χ0v) is 13.1. The van der Waals surface area contributed by atoms with Gasteiger partial charge in [0.2, 0.25) is 5.75 Å². The molecule has 0 aliphatic heterocycles. The Morgan fingerprint density at radius 1 is 1.12 bits per heavy atom. The number of hydrogen-bond acceptors (Lipinski definition) is 7. The van der Waals surface area contributed by atoms with Gasteiger partial charge in [0.1, 0.15) is 5.69 Å². The molecule has 2 N–H and O–H groups in total. The summed E-state index contributed by atoms with van der Waals surface area (Å²) in [5.41, 5.74) is 0.0692. The van der Waals surface area contributed by atoms with Crippen LogP contribution in [0.2, 0.25) is 10.0 Å². The molecule has 0 aliphatic rings. The van der Waals surface area contributed by atoms with Gasteiger partial charge in [0.05, 0.1) is 20.5 Å². The molecule has 0 aliphatic carbocycles. The van der Waals surface area contributed by atoms with Crippen LogP contribution >= 0.6 is 23.2 Å². The number of nitrogens with zero attached hydrogens (tertiary/aromatic N) is 3. The van der Waals surface area contributed by atoms with Crippen LogP contribution in [0.3, 0.4) is 0 Å². The van der Waals surface area contributed by atoms with Crippen LogP contribution in [0, 0.1) is 10.1 Å². The summed E-state index contributed by atoms with van der Waals surface area (Å²) in [6.07, 6.45) is 2.75. The number of halogens is 2. The lowest BCUT2D eigenvalue weighted by molar-refractivity contribution is -0.385. The molecule has 0 saturated heterocycles. The molecule has 10 heteroatoms. The molecular formula is C14H7Cl2N3O5. The van der Waals surface area contributed by atoms with E-state index in [1.807, 2.05) is 0 Å². The van der Waals surface area contributed by atoms with Crippen molar-refractivity contribution in [3.63, 3.8) is 0 Å². The predicted molar refractivity (Wildman–Crippen MR) is 85.2 cm³/mol. The summed E-state index contributed by atoms with van der Waals surface area (Å²) >= 11 is 12.1. The van der Waals surface area contributed by atoms with E-state index < -0.39 is 22.1 Å². The summed E-state index contributed by atoms with van der Waals surface area (Å²) in [6.45, 7) is 0. The van der Waals surface area contributed by atoms with Gasteiger partial charge in [0, 0.05) is 30.1 Å². The van der Waals surface area contributed by atoms with Crippen molar-refractivity contribution < 1.29 is 19.7 Å². The van der Waals surface area contributed by atoms with E-state index in [0.717, 1.165) is 12.1 Å². The lowest BCUT2D eigenvalue weighted by Crippen LogP contribution is -1.90. The standard InChI is InChI=1S/C14H7Cl2N3O5/c15-7-4-17-5-8(16)13(7)12-3-9(18-24-12)6-1-10(19(22)23)14(21)11(20)2-6/h1-5,20-21H. The highest BCUT2D eigenvalue weighted by Crippen LogP contribution is 2.41. The highest BCUT2D eigenvalue weighted by Gasteiger charge is 2.22. The van der Waals surface area contributed by atoms with E-state index in [2.05, 4.69) is 10.1 Å². The first-order chi connectivity index (χ1) is 11.4. The Kier molecular flexibility index (Phi) is 4.00. The van der Waals surface area contributed by atoms with Crippen LogP contribution in [0.4, 0.5) is 5.69 Å². The fourth-order valence-corrected chi connectivity index (χ4v) is 2.62. The fraction of sp³-hybridized carbons (Fsp3) is 0. The molecular weight excluding hydrogens is 361 g/mol. The maximum atomic E-state index is 10.9. The minimum Gasteiger partial charge on any atom is -0.504 e. The molecule has 3 rings (SSSR count). The summed E-state index contributed by atoms with van der Waals surface area (Å²) in [5, 5.41) is 34.3. The molecule has 1 aromatic carbocycles. The van der Waals surface area contributed by atoms with Crippen LogP contribution in [-0.4, -0.2) is 25.3 Å². The van der Waals surface area contributed by atoms with Gasteiger partial charge in [-0.3, -0.25) is 15.1 Å². The average molecular weight is 368 g/mol. The Balaban J connectivity index is 2.11. The van der Waals surface area contributed by atoms with Crippen LogP contribution < -0.4 is 0 Å². The van der Waals surface area contributed by atoms with Crippen LogP contribution in [0.15, 0.2) is 35.1 Å². The van der Waals surface area contributed by atoms with E-state index in [4.69, 9.17) is 27.7 Å². The second-order valence-electron chi connectivity index (χ2n) is 4.67. The third-order valence-corrected chi connectivity index (χ3v) is 3.75. The van der Waals surface area contributed by atoms with Gasteiger partial charge < -0.3 is 14.7 Å². The Labute approximate surface area is 144 Å². The smallest absolute Gasteiger partial charge is 0.315 e. The lowest BCUT2D eigenvalue weighted by atomic mass is 10.1. The van der Waals surface area contributed by atoms with E-state index in [-0.39, 0.29) is 27.1 Å². The van der Waals surface area contributed by atoms with E-state index in [0.29, 0.717) is 5.56 Å². The predicted octanol–water partition coefficient (Wildman–Crippen LogP) is 4.03. The number of nitro benzene ring substituents is 1. The summed E-state index contributed by atoms with van der Waals surface area (Å²) < 4.78 is 5.18. The molecule has 0 saturated carbocycles. The third kappa shape index (κ3) is 2.72. The second-order valence-corrected chi connectivity index (χ2v) is 5.49. The van der Waals surface area contributed by atoms with Crippen molar-refractivity contribution in [1.82, 2.24) is 10.1 Å². The minimum atomic E-state index is -0.826. The Hall–Kier alpha value is -2.84. The molecule has 2 aromatic heterocycles. The molecule has 0 atom stereocenters. The second kappa shape index (κ2) is 5.99. The fourth-order valence-electron chi connectivity index (χ4n) is 2.07. The molecule has 0 unspecified atom stereocenters. The first-order valence-electron chi connectivity index (χ1n) is 6.35. The van der Waals surface area contributed by atoms with Crippen LogP contribution in [-0.2, 0) is 0 Å². The molecule has 122 valence electrons. The van der Waals surface area contributed by atoms with Gasteiger partial charge in [-0.25, -0.2) is 0 Å². The number of aromatic nitrogens is 2. The number of pyridine rings is 1. The zero-order chi connectivity index (χ0) is 17.4. The van der Waals surface area contributed by atoms with E-state index >= 15 is 0 Å². The molecule has 0 amide bonds. The SMILES string of the molecule is O=[N+]([O-])c1cc(-c2cc(-c3c(Cl)cncc3Cl)on2)cc(O)c1O. The molecule has 0 spiro atoms. The Morgan fingerprint density at radius 3 is 2.42 bits per heavy atom. The molecule has 24 heavy (non-hydrogen) atoms. The molecule has 0 bridgehead atoms. The minimum absolute atomic E-state index is 0.174. The van der Waals surface area contributed by atoms with E-state index in [9.17, 15) is 20.3 Å². The number of nitro groups is 1. The van der Waals surface area contributed by atoms with Crippen molar-refractivity contribution in [1.29, 1.82) is 0 Å². The van der Waals surface area contributed by atoms with Crippen LogP contribution in [0.1, 0.15) is 0 Å². The summed E-state index contributed by atoms with van der Waals surface area (Å²) in [4.78, 5) is 13.9. The molecule has 0 radical (unpaired) electrons. The van der Waals surface area contributed by atoms with Gasteiger partial charge in [-0.05, 0) is 6.07 Å². The van der Waals surface area contributed by atoms with Gasteiger partial charge >= 0.3 is 5.69 Å². The lowest BCUT2D eigenvalue weighted by Gasteiger charge is -2.02. The van der Waals surface area contributed by atoms with Crippen molar-refractivity contribution in [2.45, 2.75) is 0 Å². The van der Waals surface area contributed by atoms with E-state index in [1.54, 1.807) is 0 Å². The van der Waals surface area contributed by atoms with E-state index in [1.165, 1.54) is 18.5 Å². The summed E-state index contributed by atoms with van der Waals surface area (Å²) in [7, 11) is 0. The van der Waals surface area contributed by atoms with Gasteiger partial charge in [0.15, 0.2) is 11.5 Å². The molecule has 0 fully saturated rings. The molecule has 2 heterocycles. The van der Waals surface area contributed by atoms with Crippen molar-refractivity contribution in [3.05, 3.63) is 50.8 Å². The Morgan fingerprint density at radius 2 is 1.79 bits per heavy atom. The van der Waals surface area contributed by atoms with Gasteiger partial charge in [-0.2, -0.15) is 0 Å². The number of hydrogen-bond donors (Lipinski definition) is 2. The van der Waals surface area contributed by atoms with Gasteiger partial charge in [0.25, 0.3) is 0 Å². The van der Waals surface area contributed by atoms with Crippen molar-refractivity contribution in [3.8, 4) is 34.1 Å². The van der Waals surface area contributed by atoms with Gasteiger partial charge in [-0.1, -0.05) is 28.4 Å². The molecule has 8 nitrogen and oxygen atoms in total. The Bertz CT molecular complexity index is 937. The number of benzene rings is 1. The first kappa shape index (κ1) is 16.0. The monoisotopic (exact) mass is 367 g/mol. The quantitative estimate of drug-likeness (QED) is 0.406. The maximum Gasteiger partial charge on any atom is 0.315 e. The van der Waals surface area contributed by atoms with Gasteiger partial charge in [-0.15, -0.1) is 0 Å². The summed E-state index contributed by atoms with van der Waals surface area (Å²) in [5.74, 6) is -1.26. The number of rotatable bonds is 3. The highest BCUT2D eigenvalue weighted by atomic mass is 35.5. The topological polar surface area (TPSA) is 123 Å². The van der Waals surface area contributed by atoms with Crippen molar-refractivity contribution in [2.75, 3.05) is 0 Å². The van der Waals surface area contributed by atoms with Crippen LogP contribution in [0.5, 0.6) is 11.5 Å². The first-order valence-corrected chi connectivity index (χ1v) is 7.11. The highest BCUT2D eigenvalue weighted by molar-refractivity contribution is 6.38. The maximum absolute atomic E-state index is 10.9. The van der Waals surface area contributed by atoms with Crippen LogP contribution in [0.25, 0.3) is 22.6 Å². The van der Waals surface area contributed by atoms with Crippen molar-refractivity contribution >= 4 is 28.9 Å². The normalized spacial score (nSPS) is 10.8. The number of aromatic hydroxyl groups is 2. The largest absolute Gasteiger partial charge is 0.504 e. The summed E-state index contributed by atoms with van der Waals surface area (Å²) in [6, 6.07) is 3.63. The number of phenolic OH excluding ortho intramolecular Hbond substituents is 2.